The van der Waals surface area contributed by atoms with Crippen LogP contribution in [0.3, 0.4) is 0 Å². The number of carbonyl (C=O) groups is 1. The number of nitrogens with zero attached hydrogens (tertiary/aromatic N) is 6. The van der Waals surface area contributed by atoms with E-state index in [4.69, 9.17) is 22.1 Å². The van der Waals surface area contributed by atoms with Gasteiger partial charge in [0.25, 0.3) is 0 Å². The van der Waals surface area contributed by atoms with Crippen LogP contribution in [-0.4, -0.2) is 106 Å². The van der Waals surface area contributed by atoms with Crippen molar-refractivity contribution in [2.45, 2.75) is 25.8 Å². The Labute approximate surface area is 282 Å². The van der Waals surface area contributed by atoms with Gasteiger partial charge in [0.05, 0.1) is 42.7 Å². The van der Waals surface area contributed by atoms with Crippen LogP contribution >= 0.6 is 11.6 Å². The summed E-state index contributed by atoms with van der Waals surface area (Å²) < 4.78 is 31.3. The normalized spacial score (nSPS) is 16.9. The SMILES string of the molecule is COc1cc(N2CCN(CC3CCN(C(=O)[C@H](C)N)CC3)CC2)ccc1Nc1ncc(Cl)c(Nc2ccccc2N(C)S(C)(=O)=O)n1. The third-order valence-corrected chi connectivity index (χ3v) is 10.2. The fourth-order valence-electron chi connectivity index (χ4n) is 5.95. The number of carbonyl (C=O) groups excluding carboxylic acids is 1. The number of aromatic nitrogens is 2. The van der Waals surface area contributed by atoms with Crippen molar-refractivity contribution in [2.24, 2.45) is 11.7 Å². The molecular weight excluding hydrogens is 642 g/mol. The predicted octanol–water partition coefficient (Wildman–Crippen LogP) is 3.73. The molecule has 0 aliphatic carbocycles. The molecule has 2 aromatic carbocycles. The number of piperidine rings is 1. The van der Waals surface area contributed by atoms with E-state index in [1.165, 1.54) is 17.5 Å². The average Bonchev–Trinajstić information content (AvgIpc) is 3.06. The molecule has 2 aliphatic rings. The number of methoxy groups -OCH3 is 1. The maximum atomic E-state index is 12.2. The second kappa shape index (κ2) is 14.9. The Hall–Kier alpha value is -3.85. The van der Waals surface area contributed by atoms with Crippen LogP contribution in [0.4, 0.5) is 34.5 Å². The molecule has 2 fully saturated rings. The molecule has 15 heteroatoms. The molecule has 0 saturated carbocycles. The number of amides is 1. The van der Waals surface area contributed by atoms with Crippen molar-refractivity contribution >= 4 is 62.0 Å². The van der Waals surface area contributed by atoms with Gasteiger partial charge in [0.2, 0.25) is 21.9 Å². The number of nitrogens with two attached hydrogens (primary N) is 1. The Bertz CT molecular complexity index is 1660. The van der Waals surface area contributed by atoms with Crippen LogP contribution in [0.2, 0.25) is 5.02 Å². The van der Waals surface area contributed by atoms with Gasteiger partial charge in [-0.3, -0.25) is 14.0 Å². The highest BCUT2D eigenvalue weighted by Crippen LogP contribution is 2.34. The molecule has 1 amide bonds. The fourth-order valence-corrected chi connectivity index (χ4v) is 6.61. The first-order chi connectivity index (χ1) is 22.4. The number of likely N-dealkylation sites (tertiary alicyclic amines) is 1. The number of sulfonamides is 1. The monoisotopic (exact) mass is 685 g/mol. The van der Waals surface area contributed by atoms with E-state index in [9.17, 15) is 13.2 Å². The van der Waals surface area contributed by atoms with Crippen molar-refractivity contribution < 1.29 is 17.9 Å². The average molecular weight is 686 g/mol. The zero-order chi connectivity index (χ0) is 33.7. The van der Waals surface area contributed by atoms with Crippen molar-refractivity contribution in [3.8, 4) is 5.75 Å². The number of hydrogen-bond acceptors (Lipinski definition) is 11. The van der Waals surface area contributed by atoms with Crippen molar-refractivity contribution in [2.75, 3.05) is 86.1 Å². The summed E-state index contributed by atoms with van der Waals surface area (Å²) in [6.45, 7) is 8.15. The number of nitrogens with one attached hydrogen (secondary N) is 2. The Balaban J connectivity index is 1.20. The Kier molecular flexibility index (Phi) is 11.0. The Morgan fingerprint density at radius 1 is 1.09 bits per heavy atom. The summed E-state index contributed by atoms with van der Waals surface area (Å²) in [7, 11) is -0.371. The first kappa shape index (κ1) is 34.5. The third kappa shape index (κ3) is 8.55. The highest BCUT2D eigenvalue weighted by atomic mass is 35.5. The minimum Gasteiger partial charge on any atom is -0.494 e. The Morgan fingerprint density at radius 2 is 1.79 bits per heavy atom. The summed E-state index contributed by atoms with van der Waals surface area (Å²) in [5.74, 6) is 1.90. The molecular formula is C32H44ClN9O4S. The maximum absolute atomic E-state index is 12.2. The number of ether oxygens (including phenoxy) is 1. The van der Waals surface area contributed by atoms with Crippen LogP contribution in [0.1, 0.15) is 19.8 Å². The van der Waals surface area contributed by atoms with Crippen molar-refractivity contribution in [1.82, 2.24) is 19.8 Å². The van der Waals surface area contributed by atoms with Gasteiger partial charge >= 0.3 is 0 Å². The van der Waals surface area contributed by atoms with Gasteiger partial charge in [0.15, 0.2) is 5.82 Å². The van der Waals surface area contributed by atoms with E-state index in [0.29, 0.717) is 40.5 Å². The molecule has 2 saturated heterocycles. The minimum atomic E-state index is -3.48. The molecule has 1 aromatic heterocycles. The van der Waals surface area contributed by atoms with Gasteiger partial charge in [-0.2, -0.15) is 4.98 Å². The van der Waals surface area contributed by atoms with Gasteiger partial charge in [-0.1, -0.05) is 23.7 Å². The predicted molar refractivity (Wildman–Crippen MR) is 188 cm³/mol. The zero-order valence-corrected chi connectivity index (χ0v) is 28.9. The molecule has 0 bridgehead atoms. The minimum absolute atomic E-state index is 0.0505. The number of halogens is 1. The first-order valence-corrected chi connectivity index (χ1v) is 17.9. The first-order valence-electron chi connectivity index (χ1n) is 15.7. The van der Waals surface area contributed by atoms with Crippen LogP contribution in [0.15, 0.2) is 48.7 Å². The highest BCUT2D eigenvalue weighted by molar-refractivity contribution is 7.92. The third-order valence-electron chi connectivity index (χ3n) is 8.74. The van der Waals surface area contributed by atoms with E-state index in [1.807, 2.05) is 17.0 Å². The molecule has 0 spiro atoms. The number of para-hydroxylation sites is 2. The van der Waals surface area contributed by atoms with Gasteiger partial charge in [0.1, 0.15) is 10.8 Å². The fraction of sp³-hybridized carbons (Fsp3) is 0.469. The van der Waals surface area contributed by atoms with Crippen LogP contribution < -0.4 is 30.3 Å². The topological polar surface area (TPSA) is 149 Å². The molecule has 4 N–H and O–H groups in total. The van der Waals surface area contributed by atoms with Crippen LogP contribution in [-0.2, 0) is 14.8 Å². The summed E-state index contributed by atoms with van der Waals surface area (Å²) in [5.41, 5.74) is 8.52. The summed E-state index contributed by atoms with van der Waals surface area (Å²) in [6.07, 6.45) is 4.66. The Morgan fingerprint density at radius 3 is 2.45 bits per heavy atom. The molecule has 3 heterocycles. The van der Waals surface area contributed by atoms with E-state index in [1.54, 1.807) is 38.3 Å². The lowest BCUT2D eigenvalue weighted by Crippen LogP contribution is -2.50. The van der Waals surface area contributed by atoms with E-state index >= 15 is 0 Å². The summed E-state index contributed by atoms with van der Waals surface area (Å²) in [6, 6.07) is 12.6. The van der Waals surface area contributed by atoms with E-state index < -0.39 is 16.1 Å². The number of anilines is 6. The van der Waals surface area contributed by atoms with Gasteiger partial charge in [-0.15, -0.1) is 0 Å². The number of benzene rings is 2. The smallest absolute Gasteiger partial charge is 0.239 e. The van der Waals surface area contributed by atoms with Gasteiger partial charge in [-0.05, 0) is 49.9 Å². The summed E-state index contributed by atoms with van der Waals surface area (Å²) in [4.78, 5) is 27.9. The molecule has 47 heavy (non-hydrogen) atoms. The number of piperazine rings is 1. The van der Waals surface area contributed by atoms with Gasteiger partial charge in [-0.25, -0.2) is 13.4 Å². The molecule has 0 unspecified atom stereocenters. The van der Waals surface area contributed by atoms with E-state index in [0.717, 1.165) is 70.6 Å². The summed E-state index contributed by atoms with van der Waals surface area (Å²) in [5, 5.41) is 6.65. The lowest BCUT2D eigenvalue weighted by Gasteiger charge is -2.40. The second-order valence-electron chi connectivity index (χ2n) is 12.1. The zero-order valence-electron chi connectivity index (χ0n) is 27.3. The van der Waals surface area contributed by atoms with E-state index in [-0.39, 0.29) is 10.9 Å². The molecule has 1 atom stereocenters. The van der Waals surface area contributed by atoms with Crippen molar-refractivity contribution in [3.05, 3.63) is 53.7 Å². The lowest BCUT2D eigenvalue weighted by molar-refractivity contribution is -0.133. The van der Waals surface area contributed by atoms with Crippen molar-refractivity contribution in [1.29, 1.82) is 0 Å². The van der Waals surface area contributed by atoms with Crippen molar-refractivity contribution in [3.63, 3.8) is 0 Å². The number of hydrogen-bond donors (Lipinski definition) is 3. The largest absolute Gasteiger partial charge is 0.494 e. The molecule has 0 radical (unpaired) electrons. The quantitative estimate of drug-likeness (QED) is 0.271. The van der Waals surface area contributed by atoms with Crippen LogP contribution in [0.5, 0.6) is 5.75 Å². The lowest BCUT2D eigenvalue weighted by atomic mass is 9.95. The van der Waals surface area contributed by atoms with Crippen LogP contribution in [0.25, 0.3) is 0 Å². The molecule has 2 aliphatic heterocycles. The maximum Gasteiger partial charge on any atom is 0.239 e. The molecule has 254 valence electrons. The molecule has 5 rings (SSSR count). The standard InChI is InChI=1S/C32H44ClN9O4S/c1-22(34)31(43)42-13-11-23(12-14-42)21-40-15-17-41(18-16-40)24-9-10-27(29(19-24)46-3)37-32-35-20-25(33)30(38-32)36-26-7-5-6-8-28(26)39(2)47(4,44)45/h5-10,19-20,22-23H,11-18,21,34H2,1-4H3,(H2,35,36,37,38)/t22-/m0/s1. The van der Waals surface area contributed by atoms with E-state index in [2.05, 4.69) is 36.5 Å². The molecule has 13 nitrogen and oxygen atoms in total. The van der Waals surface area contributed by atoms with Gasteiger partial charge in [0, 0.05) is 64.6 Å². The van der Waals surface area contributed by atoms with Crippen LogP contribution in [0, 0.1) is 5.92 Å². The molecule has 3 aromatic rings. The van der Waals surface area contributed by atoms with Gasteiger partial charge < -0.3 is 30.9 Å². The second-order valence-corrected chi connectivity index (χ2v) is 14.5. The highest BCUT2D eigenvalue weighted by Gasteiger charge is 2.27. The number of rotatable bonds is 11. The summed E-state index contributed by atoms with van der Waals surface area (Å²) >= 11 is 6.43.